The third-order valence-electron chi connectivity index (χ3n) is 7.61. The maximum Gasteiger partial charge on any atom is 0.248 e. The summed E-state index contributed by atoms with van der Waals surface area (Å²) < 4.78 is 6.56. The summed E-state index contributed by atoms with van der Waals surface area (Å²) >= 11 is 3.69. The van der Waals surface area contributed by atoms with Crippen molar-refractivity contribution in [1.29, 1.82) is 0 Å². The summed E-state index contributed by atoms with van der Waals surface area (Å²) in [5.74, 6) is -2.00. The fourth-order valence-electron chi connectivity index (χ4n) is 6.23. The Morgan fingerprint density at radius 3 is 2.37 bits per heavy atom. The number of carbonyl (C=O) groups excluding carboxylic acids is 3. The molecule has 196 valence electrons. The number of alkyl halides is 1. The summed E-state index contributed by atoms with van der Waals surface area (Å²) in [7, 11) is 1.69. The molecule has 0 aromatic rings. The van der Waals surface area contributed by atoms with Crippen molar-refractivity contribution in [1.82, 2.24) is 14.7 Å². The molecular formula is C26H40BrN3O5. The van der Waals surface area contributed by atoms with Crippen LogP contribution in [0.25, 0.3) is 0 Å². The second-order valence-electron chi connectivity index (χ2n) is 10.8. The van der Waals surface area contributed by atoms with E-state index in [0.29, 0.717) is 25.9 Å². The van der Waals surface area contributed by atoms with Gasteiger partial charge in [0.1, 0.15) is 11.6 Å². The molecule has 35 heavy (non-hydrogen) atoms. The smallest absolute Gasteiger partial charge is 0.248 e. The molecule has 7 atom stereocenters. The standard InChI is InChI=1S/C26H40BrN3O5/c1-8-10-28(7)23(32)19-20-24(33)30(17(14-31)12-15(3)4)22(25(34)29(11-9-2)16(5)6)26(20)13-18(27)21(19)35-26/h8-9,15-22,31H,1-2,10-14H2,3-7H3/t17-,18?,19+,20+,21+,22?,26?/m1/s1. The summed E-state index contributed by atoms with van der Waals surface area (Å²) in [5, 5.41) is 10.3. The van der Waals surface area contributed by atoms with E-state index in [2.05, 4.69) is 29.1 Å². The molecule has 3 unspecified atom stereocenters. The highest BCUT2D eigenvalue weighted by Crippen LogP contribution is 2.61. The first-order valence-electron chi connectivity index (χ1n) is 12.5. The number of aliphatic hydroxyl groups excluding tert-OH is 1. The van der Waals surface area contributed by atoms with Gasteiger partial charge in [-0.1, -0.05) is 41.9 Å². The average Bonchev–Trinajstić information content (AvgIpc) is 3.38. The highest BCUT2D eigenvalue weighted by molar-refractivity contribution is 9.09. The predicted molar refractivity (Wildman–Crippen MR) is 138 cm³/mol. The SMILES string of the molecule is C=CCN(C)C(=O)[C@H]1[C@H]2C(=O)N([C@@H](CO)CC(C)C)C(C(=O)N(CC=C)C(C)C)C23CC(Br)[C@@H]1O3. The summed E-state index contributed by atoms with van der Waals surface area (Å²) in [6.07, 6.45) is 3.78. The second-order valence-corrected chi connectivity index (χ2v) is 11.9. The van der Waals surface area contributed by atoms with E-state index in [0.717, 1.165) is 0 Å². The number of likely N-dealkylation sites (N-methyl/N-ethyl adjacent to an activating group) is 1. The molecule has 1 spiro atoms. The average molecular weight is 555 g/mol. The Labute approximate surface area is 217 Å². The number of likely N-dealkylation sites (tertiary alicyclic amines) is 1. The van der Waals surface area contributed by atoms with E-state index in [4.69, 9.17) is 4.74 Å². The lowest BCUT2D eigenvalue weighted by molar-refractivity contribution is -0.153. The Morgan fingerprint density at radius 2 is 1.86 bits per heavy atom. The molecule has 3 amide bonds. The van der Waals surface area contributed by atoms with Crippen LogP contribution in [0.3, 0.4) is 0 Å². The van der Waals surface area contributed by atoms with Crippen LogP contribution in [0.2, 0.25) is 0 Å². The van der Waals surface area contributed by atoms with Crippen molar-refractivity contribution in [2.24, 2.45) is 17.8 Å². The molecule has 8 nitrogen and oxygen atoms in total. The summed E-state index contributed by atoms with van der Waals surface area (Å²) in [6.45, 7) is 15.8. The van der Waals surface area contributed by atoms with Crippen LogP contribution in [0, 0.1) is 17.8 Å². The van der Waals surface area contributed by atoms with Gasteiger partial charge in [-0.3, -0.25) is 14.4 Å². The maximum atomic E-state index is 14.2. The topological polar surface area (TPSA) is 90.4 Å². The minimum absolute atomic E-state index is 0.125. The second kappa shape index (κ2) is 10.7. The minimum Gasteiger partial charge on any atom is -0.394 e. The fraction of sp³-hybridized carbons (Fsp3) is 0.731. The Hall–Kier alpha value is -1.71. The van der Waals surface area contributed by atoms with Crippen LogP contribution >= 0.6 is 15.9 Å². The van der Waals surface area contributed by atoms with Crippen LogP contribution in [0.15, 0.2) is 25.3 Å². The number of halogens is 1. The minimum atomic E-state index is -1.14. The van der Waals surface area contributed by atoms with E-state index in [9.17, 15) is 19.5 Å². The quantitative estimate of drug-likeness (QED) is 0.313. The van der Waals surface area contributed by atoms with Crippen molar-refractivity contribution in [2.45, 2.75) is 75.2 Å². The zero-order chi connectivity index (χ0) is 26.2. The number of amides is 3. The lowest BCUT2D eigenvalue weighted by atomic mass is 9.70. The van der Waals surface area contributed by atoms with Crippen LogP contribution in [0.5, 0.6) is 0 Å². The van der Waals surface area contributed by atoms with Gasteiger partial charge in [0.25, 0.3) is 0 Å². The van der Waals surface area contributed by atoms with E-state index in [1.807, 2.05) is 27.7 Å². The molecule has 3 rings (SSSR count). The molecule has 0 aliphatic carbocycles. The highest BCUT2D eigenvalue weighted by Gasteiger charge is 2.77. The van der Waals surface area contributed by atoms with Gasteiger partial charge in [-0.15, -0.1) is 13.2 Å². The molecule has 2 bridgehead atoms. The van der Waals surface area contributed by atoms with Gasteiger partial charge in [0.05, 0.1) is 30.6 Å². The highest BCUT2D eigenvalue weighted by atomic mass is 79.9. The zero-order valence-electron chi connectivity index (χ0n) is 21.5. The van der Waals surface area contributed by atoms with Crippen molar-refractivity contribution >= 4 is 33.7 Å². The first-order chi connectivity index (χ1) is 16.5. The molecule has 9 heteroatoms. The molecular weight excluding hydrogens is 514 g/mol. The molecule has 3 heterocycles. The van der Waals surface area contributed by atoms with E-state index < -0.39 is 35.6 Å². The number of ether oxygens (including phenoxy) is 1. The van der Waals surface area contributed by atoms with Gasteiger partial charge in [-0.2, -0.15) is 0 Å². The summed E-state index contributed by atoms with van der Waals surface area (Å²) in [6, 6.07) is -1.60. The van der Waals surface area contributed by atoms with Crippen molar-refractivity contribution in [3.63, 3.8) is 0 Å². The number of hydrogen-bond donors (Lipinski definition) is 1. The first kappa shape index (κ1) is 27.9. The van der Waals surface area contributed by atoms with Crippen LogP contribution in [-0.4, -0.2) is 98.9 Å². The number of carbonyl (C=O) groups is 3. The normalized spacial score (nSPS) is 32.2. The van der Waals surface area contributed by atoms with Crippen LogP contribution in [-0.2, 0) is 19.1 Å². The number of nitrogens with zero attached hydrogens (tertiary/aromatic N) is 3. The third-order valence-corrected chi connectivity index (χ3v) is 8.45. The molecule has 3 saturated heterocycles. The summed E-state index contributed by atoms with van der Waals surface area (Å²) in [4.78, 5) is 46.5. The molecule has 3 fully saturated rings. The van der Waals surface area contributed by atoms with E-state index in [-0.39, 0.29) is 41.1 Å². The van der Waals surface area contributed by atoms with Gasteiger partial charge >= 0.3 is 0 Å². The molecule has 3 aliphatic heterocycles. The largest absolute Gasteiger partial charge is 0.394 e. The molecule has 0 saturated carbocycles. The first-order valence-corrected chi connectivity index (χ1v) is 13.4. The molecule has 1 N–H and O–H groups in total. The molecule has 0 aromatic carbocycles. The lowest BCUT2D eigenvalue weighted by Crippen LogP contribution is -2.60. The third kappa shape index (κ3) is 4.60. The summed E-state index contributed by atoms with van der Waals surface area (Å²) in [5.41, 5.74) is -1.14. The van der Waals surface area contributed by atoms with E-state index >= 15 is 0 Å². The zero-order valence-corrected chi connectivity index (χ0v) is 23.1. The van der Waals surface area contributed by atoms with Gasteiger partial charge in [0, 0.05) is 31.0 Å². The maximum absolute atomic E-state index is 14.2. The number of aliphatic hydroxyl groups is 1. The van der Waals surface area contributed by atoms with Crippen LogP contribution < -0.4 is 0 Å². The van der Waals surface area contributed by atoms with Crippen molar-refractivity contribution < 1.29 is 24.2 Å². The molecule has 0 aromatic heterocycles. The van der Waals surface area contributed by atoms with Gasteiger partial charge in [-0.05, 0) is 32.6 Å². The Morgan fingerprint density at radius 1 is 1.23 bits per heavy atom. The number of rotatable bonds is 11. The van der Waals surface area contributed by atoms with Crippen LogP contribution in [0.4, 0.5) is 0 Å². The Balaban J connectivity index is 2.15. The molecule has 0 radical (unpaired) electrons. The van der Waals surface area contributed by atoms with Gasteiger partial charge in [0.15, 0.2) is 0 Å². The fourth-order valence-corrected chi connectivity index (χ4v) is 7.17. The number of fused-ring (bicyclic) bond motifs is 1. The van der Waals surface area contributed by atoms with Crippen molar-refractivity contribution in [3.8, 4) is 0 Å². The van der Waals surface area contributed by atoms with E-state index in [1.54, 1.807) is 33.9 Å². The molecule has 3 aliphatic rings. The van der Waals surface area contributed by atoms with Gasteiger partial charge < -0.3 is 24.5 Å². The predicted octanol–water partition coefficient (Wildman–Crippen LogP) is 2.21. The van der Waals surface area contributed by atoms with Crippen molar-refractivity contribution in [2.75, 3.05) is 26.7 Å². The van der Waals surface area contributed by atoms with Crippen LogP contribution in [0.1, 0.15) is 40.5 Å². The monoisotopic (exact) mass is 553 g/mol. The van der Waals surface area contributed by atoms with E-state index in [1.165, 1.54) is 0 Å². The van der Waals surface area contributed by atoms with Gasteiger partial charge in [0.2, 0.25) is 17.7 Å². The Kier molecular flexibility index (Phi) is 8.54. The van der Waals surface area contributed by atoms with Gasteiger partial charge in [-0.25, -0.2) is 0 Å². The Bertz CT molecular complexity index is 864. The van der Waals surface area contributed by atoms with Crippen molar-refractivity contribution in [3.05, 3.63) is 25.3 Å². The lowest BCUT2D eigenvalue weighted by Gasteiger charge is -2.40. The number of hydrogen-bond acceptors (Lipinski definition) is 5.